The van der Waals surface area contributed by atoms with Crippen LogP contribution in [0.4, 0.5) is 0 Å². The Morgan fingerprint density at radius 2 is 1.92 bits per heavy atom. The molecule has 0 aromatic carbocycles. The van der Waals surface area contributed by atoms with Crippen molar-refractivity contribution in [3.63, 3.8) is 0 Å². The number of nitrogens with zero attached hydrogens (tertiary/aromatic N) is 3. The van der Waals surface area contributed by atoms with Gasteiger partial charge in [0.1, 0.15) is 5.76 Å². The lowest BCUT2D eigenvalue weighted by molar-refractivity contribution is -0.142. The van der Waals surface area contributed by atoms with Crippen LogP contribution in [0.1, 0.15) is 42.7 Å². The summed E-state index contributed by atoms with van der Waals surface area (Å²) in [5, 5.41) is 4.09. The molecule has 138 valence electrons. The Labute approximate surface area is 149 Å². The van der Waals surface area contributed by atoms with Gasteiger partial charge in [-0.2, -0.15) is 0 Å². The normalized spacial score (nSPS) is 28.3. The molecule has 1 aromatic heterocycles. The summed E-state index contributed by atoms with van der Waals surface area (Å²) in [6, 6.07) is 0.356. The van der Waals surface area contributed by atoms with E-state index in [0.29, 0.717) is 17.9 Å². The highest BCUT2D eigenvalue weighted by molar-refractivity contribution is 5.79. The maximum absolute atomic E-state index is 13.1. The Balaban J connectivity index is 1.46. The highest BCUT2D eigenvalue weighted by atomic mass is 16.5. The van der Waals surface area contributed by atoms with Crippen LogP contribution in [0.15, 0.2) is 4.52 Å². The van der Waals surface area contributed by atoms with Gasteiger partial charge in [0.05, 0.1) is 5.69 Å². The van der Waals surface area contributed by atoms with Crippen LogP contribution in [0.25, 0.3) is 0 Å². The van der Waals surface area contributed by atoms with Gasteiger partial charge in [0, 0.05) is 56.9 Å². The van der Waals surface area contributed by atoms with Gasteiger partial charge < -0.3 is 14.2 Å². The van der Waals surface area contributed by atoms with E-state index in [1.807, 2.05) is 13.8 Å². The first kappa shape index (κ1) is 17.0. The van der Waals surface area contributed by atoms with Gasteiger partial charge in [0.2, 0.25) is 5.91 Å². The molecule has 4 aliphatic rings. The Morgan fingerprint density at radius 3 is 2.64 bits per heavy atom. The lowest BCUT2D eigenvalue weighted by Gasteiger charge is -2.39. The van der Waals surface area contributed by atoms with Gasteiger partial charge in [-0.15, -0.1) is 0 Å². The Kier molecular flexibility index (Phi) is 4.82. The largest absolute Gasteiger partial charge is 0.381 e. The molecule has 5 heterocycles. The summed E-state index contributed by atoms with van der Waals surface area (Å²) >= 11 is 0. The summed E-state index contributed by atoms with van der Waals surface area (Å²) in [5.74, 6) is 2.05. The molecular weight excluding hydrogens is 318 g/mol. The van der Waals surface area contributed by atoms with Crippen LogP contribution < -0.4 is 0 Å². The quantitative estimate of drug-likeness (QED) is 0.838. The molecule has 4 fully saturated rings. The standard InChI is InChI=1S/C19H29N3O3/c1-13-18(14(2)25-20-13)12-21-9-15-3-4-17(11-21)22(10-15)19(23)16-5-7-24-8-6-16/h15-17H,3-12H2,1-2H3/t15-,17+/m1/s1. The number of ether oxygens (including phenoxy) is 1. The van der Waals surface area contributed by atoms with Crippen molar-refractivity contribution in [3.05, 3.63) is 17.0 Å². The minimum Gasteiger partial charge on any atom is -0.381 e. The van der Waals surface area contributed by atoms with Crippen LogP contribution in [0.5, 0.6) is 0 Å². The van der Waals surface area contributed by atoms with Crippen molar-refractivity contribution in [2.45, 2.75) is 52.1 Å². The number of amides is 1. The summed E-state index contributed by atoms with van der Waals surface area (Å²) in [5.41, 5.74) is 2.20. The molecule has 0 unspecified atom stereocenters. The number of hydrogen-bond acceptors (Lipinski definition) is 5. The number of aromatic nitrogens is 1. The van der Waals surface area contributed by atoms with Crippen LogP contribution in [0.3, 0.4) is 0 Å². The van der Waals surface area contributed by atoms with E-state index in [9.17, 15) is 4.79 Å². The number of piperidine rings is 1. The van der Waals surface area contributed by atoms with E-state index in [4.69, 9.17) is 9.26 Å². The zero-order valence-corrected chi connectivity index (χ0v) is 15.4. The van der Waals surface area contributed by atoms with Crippen LogP contribution in [0.2, 0.25) is 0 Å². The van der Waals surface area contributed by atoms with E-state index in [2.05, 4.69) is 15.0 Å². The fourth-order valence-electron chi connectivity index (χ4n) is 4.71. The molecule has 0 N–H and O–H groups in total. The van der Waals surface area contributed by atoms with Crippen molar-refractivity contribution < 1.29 is 14.1 Å². The molecule has 6 nitrogen and oxygen atoms in total. The van der Waals surface area contributed by atoms with E-state index in [-0.39, 0.29) is 5.92 Å². The van der Waals surface area contributed by atoms with E-state index < -0.39 is 0 Å². The number of hydrogen-bond donors (Lipinski definition) is 0. The van der Waals surface area contributed by atoms with Crippen molar-refractivity contribution in [1.82, 2.24) is 15.0 Å². The van der Waals surface area contributed by atoms with Crippen molar-refractivity contribution in [2.75, 3.05) is 32.8 Å². The first-order valence-electron chi connectivity index (χ1n) is 9.64. The van der Waals surface area contributed by atoms with E-state index in [1.54, 1.807) is 0 Å². The molecule has 5 rings (SSSR count). The third-order valence-electron chi connectivity index (χ3n) is 6.21. The highest BCUT2D eigenvalue weighted by Gasteiger charge is 2.39. The van der Waals surface area contributed by atoms with E-state index in [1.165, 1.54) is 12.0 Å². The van der Waals surface area contributed by atoms with Gasteiger partial charge in [-0.25, -0.2) is 0 Å². The van der Waals surface area contributed by atoms with Crippen molar-refractivity contribution in [3.8, 4) is 0 Å². The number of aryl methyl sites for hydroxylation is 2. The fourth-order valence-corrected chi connectivity index (χ4v) is 4.71. The summed E-state index contributed by atoms with van der Waals surface area (Å²) in [7, 11) is 0. The van der Waals surface area contributed by atoms with E-state index in [0.717, 1.165) is 70.1 Å². The molecule has 4 saturated heterocycles. The van der Waals surface area contributed by atoms with Gasteiger partial charge in [0.15, 0.2) is 0 Å². The van der Waals surface area contributed by atoms with Gasteiger partial charge in [-0.3, -0.25) is 9.69 Å². The monoisotopic (exact) mass is 347 g/mol. The maximum atomic E-state index is 13.1. The Hall–Kier alpha value is -1.40. The third-order valence-corrected chi connectivity index (χ3v) is 6.21. The highest BCUT2D eigenvalue weighted by Crippen LogP contribution is 2.31. The average Bonchev–Trinajstić information content (AvgIpc) is 2.82. The smallest absolute Gasteiger partial charge is 0.226 e. The first-order chi connectivity index (χ1) is 12.1. The van der Waals surface area contributed by atoms with Crippen LogP contribution >= 0.6 is 0 Å². The molecule has 0 aliphatic carbocycles. The second kappa shape index (κ2) is 7.08. The molecule has 1 amide bonds. The zero-order chi connectivity index (χ0) is 17.4. The predicted octanol–water partition coefficient (Wildman–Crippen LogP) is 2.14. The molecule has 4 aliphatic heterocycles. The summed E-state index contributed by atoms with van der Waals surface area (Å²) < 4.78 is 10.8. The average molecular weight is 347 g/mol. The zero-order valence-electron chi connectivity index (χ0n) is 15.4. The summed E-state index contributed by atoms with van der Waals surface area (Å²) in [4.78, 5) is 17.8. The van der Waals surface area contributed by atoms with Crippen LogP contribution in [0, 0.1) is 25.7 Å². The summed E-state index contributed by atoms with van der Waals surface area (Å²) in [6.07, 6.45) is 4.14. The molecule has 2 bridgehead atoms. The SMILES string of the molecule is Cc1noc(C)c1CN1C[C@H]2CC[C@@H](C1)N(C(=O)C1CCOCC1)C2. The van der Waals surface area contributed by atoms with Crippen LogP contribution in [-0.2, 0) is 16.1 Å². The lowest BCUT2D eigenvalue weighted by atomic mass is 9.91. The summed E-state index contributed by atoms with van der Waals surface area (Å²) in [6.45, 7) is 9.31. The van der Waals surface area contributed by atoms with Gasteiger partial charge >= 0.3 is 0 Å². The molecule has 25 heavy (non-hydrogen) atoms. The molecule has 0 spiro atoms. The molecule has 1 aromatic rings. The number of fused-ring (bicyclic) bond motifs is 4. The molecule has 0 radical (unpaired) electrons. The van der Waals surface area contributed by atoms with Gasteiger partial charge in [-0.05, 0) is 45.4 Å². The minimum absolute atomic E-state index is 0.170. The molecule has 0 saturated carbocycles. The lowest BCUT2D eigenvalue weighted by Crippen LogP contribution is -2.50. The first-order valence-corrected chi connectivity index (χ1v) is 9.64. The van der Waals surface area contributed by atoms with Crippen molar-refractivity contribution in [1.29, 1.82) is 0 Å². The topological polar surface area (TPSA) is 58.8 Å². The van der Waals surface area contributed by atoms with E-state index >= 15 is 0 Å². The second-order valence-electron chi connectivity index (χ2n) is 7.97. The fraction of sp³-hybridized carbons (Fsp3) is 0.789. The number of carbonyl (C=O) groups is 1. The maximum Gasteiger partial charge on any atom is 0.226 e. The number of rotatable bonds is 3. The van der Waals surface area contributed by atoms with Gasteiger partial charge in [0.25, 0.3) is 0 Å². The minimum atomic E-state index is 0.170. The number of carbonyl (C=O) groups excluding carboxylic acids is 1. The second-order valence-corrected chi connectivity index (χ2v) is 7.97. The Bertz CT molecular complexity index is 604. The van der Waals surface area contributed by atoms with Crippen molar-refractivity contribution >= 4 is 5.91 Å². The van der Waals surface area contributed by atoms with Crippen molar-refractivity contribution in [2.24, 2.45) is 11.8 Å². The predicted molar refractivity (Wildman–Crippen MR) is 93.0 cm³/mol. The molecular formula is C19H29N3O3. The van der Waals surface area contributed by atoms with Crippen LogP contribution in [-0.4, -0.2) is 59.8 Å². The molecule has 6 heteroatoms. The third kappa shape index (κ3) is 3.47. The Morgan fingerprint density at radius 1 is 1.12 bits per heavy atom. The molecule has 2 atom stereocenters. The van der Waals surface area contributed by atoms with Gasteiger partial charge in [-0.1, -0.05) is 5.16 Å².